The average molecular weight is 338 g/mol. The fourth-order valence-electron chi connectivity index (χ4n) is 4.73. The largest absolute Gasteiger partial charge is 0.497 e. The Morgan fingerprint density at radius 3 is 2.48 bits per heavy atom. The van der Waals surface area contributed by atoms with Crippen molar-refractivity contribution in [1.82, 2.24) is 9.88 Å². The van der Waals surface area contributed by atoms with Gasteiger partial charge in [-0.3, -0.25) is 9.88 Å². The highest BCUT2D eigenvalue weighted by molar-refractivity contribution is 5.28. The summed E-state index contributed by atoms with van der Waals surface area (Å²) in [5, 5.41) is 11.6. The molecule has 1 aromatic carbocycles. The molecule has 2 heterocycles. The van der Waals surface area contributed by atoms with Crippen LogP contribution in [0.15, 0.2) is 48.8 Å². The van der Waals surface area contributed by atoms with E-state index in [1.807, 2.05) is 30.5 Å². The van der Waals surface area contributed by atoms with Gasteiger partial charge in [-0.05, 0) is 36.6 Å². The zero-order valence-corrected chi connectivity index (χ0v) is 14.8. The van der Waals surface area contributed by atoms with Crippen LogP contribution in [-0.4, -0.2) is 35.2 Å². The van der Waals surface area contributed by atoms with Crippen molar-refractivity contribution in [3.05, 3.63) is 59.9 Å². The van der Waals surface area contributed by atoms with Gasteiger partial charge >= 0.3 is 0 Å². The Morgan fingerprint density at radius 2 is 1.88 bits per heavy atom. The minimum absolute atomic E-state index is 0.280. The highest BCUT2D eigenvalue weighted by atomic mass is 16.5. The fourth-order valence-corrected chi connectivity index (χ4v) is 4.73. The molecule has 132 valence electrons. The Hall–Kier alpha value is -1.91. The summed E-state index contributed by atoms with van der Waals surface area (Å²) in [6, 6.07) is 12.3. The van der Waals surface area contributed by atoms with Crippen LogP contribution < -0.4 is 4.74 Å². The van der Waals surface area contributed by atoms with Gasteiger partial charge < -0.3 is 9.84 Å². The number of aromatic nitrogens is 1. The van der Waals surface area contributed by atoms with E-state index in [1.54, 1.807) is 13.3 Å². The number of pyridine rings is 1. The quantitative estimate of drug-likeness (QED) is 0.930. The summed E-state index contributed by atoms with van der Waals surface area (Å²) in [5.74, 6) is 1.45. The maximum absolute atomic E-state index is 11.6. The number of nitrogens with zero attached hydrogens (tertiary/aromatic N) is 2. The Labute approximate surface area is 149 Å². The molecule has 25 heavy (non-hydrogen) atoms. The average Bonchev–Trinajstić information content (AvgIpc) is 2.64. The summed E-state index contributed by atoms with van der Waals surface area (Å²) in [4.78, 5) is 6.75. The lowest BCUT2D eigenvalue weighted by Crippen LogP contribution is -2.57. The lowest BCUT2D eigenvalue weighted by molar-refractivity contribution is -0.148. The van der Waals surface area contributed by atoms with E-state index in [9.17, 15) is 5.11 Å². The summed E-state index contributed by atoms with van der Waals surface area (Å²) < 4.78 is 5.24. The topological polar surface area (TPSA) is 45.6 Å². The van der Waals surface area contributed by atoms with Crippen molar-refractivity contribution < 1.29 is 9.84 Å². The van der Waals surface area contributed by atoms with E-state index in [0.29, 0.717) is 0 Å². The molecule has 4 nitrogen and oxygen atoms in total. The van der Waals surface area contributed by atoms with E-state index in [2.05, 4.69) is 22.0 Å². The summed E-state index contributed by atoms with van der Waals surface area (Å²) in [5.41, 5.74) is 1.57. The molecule has 2 aliphatic rings. The zero-order valence-electron chi connectivity index (χ0n) is 14.8. The standard InChI is InChI=1S/C21H26N2O2/c1-25-20-9-7-16(8-10-20)13-23-14-18-4-2-5-19(15-23)21(18,24)17-6-3-11-22-12-17/h3,6-12,18-19,24H,2,4-5,13-15H2,1H3/t18-,19+,21?. The Morgan fingerprint density at radius 1 is 1.16 bits per heavy atom. The fraction of sp³-hybridized carbons (Fsp3) is 0.476. The summed E-state index contributed by atoms with van der Waals surface area (Å²) in [6.45, 7) is 2.81. The van der Waals surface area contributed by atoms with Gasteiger partial charge in [-0.15, -0.1) is 0 Å². The lowest BCUT2D eigenvalue weighted by atomic mass is 9.63. The second kappa shape index (κ2) is 6.77. The molecular weight excluding hydrogens is 312 g/mol. The number of rotatable bonds is 4. The van der Waals surface area contributed by atoms with Crippen molar-refractivity contribution in [2.75, 3.05) is 20.2 Å². The highest BCUT2D eigenvalue weighted by Crippen LogP contribution is 2.49. The van der Waals surface area contributed by atoms with Gasteiger partial charge in [0.25, 0.3) is 0 Å². The number of ether oxygens (including phenoxy) is 1. The van der Waals surface area contributed by atoms with Crippen LogP contribution in [0, 0.1) is 11.8 Å². The van der Waals surface area contributed by atoms with Gasteiger partial charge in [-0.2, -0.15) is 0 Å². The van der Waals surface area contributed by atoms with Crippen LogP contribution in [-0.2, 0) is 12.1 Å². The molecule has 1 unspecified atom stereocenters. The van der Waals surface area contributed by atoms with Crippen molar-refractivity contribution in [2.45, 2.75) is 31.4 Å². The van der Waals surface area contributed by atoms with Crippen molar-refractivity contribution in [1.29, 1.82) is 0 Å². The number of methoxy groups -OCH3 is 1. The van der Waals surface area contributed by atoms with E-state index in [0.717, 1.165) is 43.8 Å². The van der Waals surface area contributed by atoms with E-state index in [1.165, 1.54) is 12.0 Å². The molecule has 2 aromatic rings. The predicted molar refractivity (Wildman–Crippen MR) is 97.2 cm³/mol. The van der Waals surface area contributed by atoms with E-state index < -0.39 is 5.60 Å². The van der Waals surface area contributed by atoms with Gasteiger partial charge in [0.05, 0.1) is 12.7 Å². The van der Waals surface area contributed by atoms with Crippen molar-refractivity contribution in [2.24, 2.45) is 11.8 Å². The second-order valence-corrected chi connectivity index (χ2v) is 7.43. The molecule has 2 bridgehead atoms. The Bertz CT molecular complexity index is 688. The monoisotopic (exact) mass is 338 g/mol. The minimum atomic E-state index is -0.719. The highest BCUT2D eigenvalue weighted by Gasteiger charge is 2.51. The molecule has 0 radical (unpaired) electrons. The molecule has 3 atom stereocenters. The smallest absolute Gasteiger partial charge is 0.118 e. The van der Waals surface area contributed by atoms with Crippen LogP contribution in [0.4, 0.5) is 0 Å². The van der Waals surface area contributed by atoms with Gasteiger partial charge in [0.1, 0.15) is 5.75 Å². The van der Waals surface area contributed by atoms with Crippen LogP contribution in [0.1, 0.15) is 30.4 Å². The first-order valence-corrected chi connectivity index (χ1v) is 9.18. The molecule has 1 aliphatic heterocycles. The normalized spacial score (nSPS) is 29.4. The molecule has 4 rings (SSSR count). The molecule has 0 spiro atoms. The molecule has 1 saturated carbocycles. The second-order valence-electron chi connectivity index (χ2n) is 7.43. The van der Waals surface area contributed by atoms with E-state index in [4.69, 9.17) is 4.74 Å². The van der Waals surface area contributed by atoms with Crippen LogP contribution in [0.5, 0.6) is 5.75 Å². The molecule has 0 amide bonds. The molecule has 1 aromatic heterocycles. The van der Waals surface area contributed by atoms with Crippen molar-refractivity contribution in [3.8, 4) is 5.75 Å². The number of hydrogen-bond acceptors (Lipinski definition) is 4. The molecule has 1 N–H and O–H groups in total. The summed E-state index contributed by atoms with van der Waals surface area (Å²) >= 11 is 0. The van der Waals surface area contributed by atoms with Crippen LogP contribution in [0.2, 0.25) is 0 Å². The molecule has 4 heteroatoms. The van der Waals surface area contributed by atoms with Crippen LogP contribution in [0.3, 0.4) is 0 Å². The molecule has 1 aliphatic carbocycles. The zero-order chi connectivity index (χ0) is 17.3. The van der Waals surface area contributed by atoms with Crippen LogP contribution in [0.25, 0.3) is 0 Å². The number of benzene rings is 1. The Kier molecular flexibility index (Phi) is 4.48. The van der Waals surface area contributed by atoms with Gasteiger partial charge in [0.15, 0.2) is 0 Å². The van der Waals surface area contributed by atoms with E-state index in [-0.39, 0.29) is 11.8 Å². The first-order valence-electron chi connectivity index (χ1n) is 9.18. The summed E-state index contributed by atoms with van der Waals surface area (Å²) in [7, 11) is 1.69. The molecular formula is C21H26N2O2. The van der Waals surface area contributed by atoms with Crippen molar-refractivity contribution in [3.63, 3.8) is 0 Å². The minimum Gasteiger partial charge on any atom is -0.497 e. The number of aliphatic hydroxyl groups is 1. The Balaban J connectivity index is 1.53. The SMILES string of the molecule is COc1ccc(CN2C[C@H]3CCC[C@@H](C2)C3(O)c2cccnc2)cc1. The predicted octanol–water partition coefficient (Wildman–Crippen LogP) is 3.21. The van der Waals surface area contributed by atoms with Crippen molar-refractivity contribution >= 4 is 0 Å². The van der Waals surface area contributed by atoms with Gasteiger partial charge in [-0.1, -0.05) is 24.6 Å². The third kappa shape index (κ3) is 3.05. The molecule has 1 saturated heterocycles. The lowest BCUT2D eigenvalue weighted by Gasteiger charge is -2.53. The number of fused-ring (bicyclic) bond motifs is 2. The first kappa shape index (κ1) is 16.6. The van der Waals surface area contributed by atoms with Gasteiger partial charge in [0, 0.05) is 49.4 Å². The third-order valence-corrected chi connectivity index (χ3v) is 6.00. The number of hydrogen-bond donors (Lipinski definition) is 1. The number of piperidine rings is 1. The van der Waals surface area contributed by atoms with E-state index >= 15 is 0 Å². The molecule has 2 fully saturated rings. The number of likely N-dealkylation sites (tertiary alicyclic amines) is 1. The van der Waals surface area contributed by atoms with Gasteiger partial charge in [0.2, 0.25) is 0 Å². The maximum atomic E-state index is 11.6. The van der Waals surface area contributed by atoms with Crippen LogP contribution >= 0.6 is 0 Å². The maximum Gasteiger partial charge on any atom is 0.118 e. The first-order chi connectivity index (χ1) is 12.2. The van der Waals surface area contributed by atoms with Gasteiger partial charge in [-0.25, -0.2) is 0 Å². The third-order valence-electron chi connectivity index (χ3n) is 6.00. The summed E-state index contributed by atoms with van der Waals surface area (Å²) in [6.07, 6.45) is 7.02.